The number of nitrogens with zero attached hydrogens (tertiary/aromatic N) is 2. The molecular weight excluding hydrogens is 407 g/mol. The molecule has 30 heavy (non-hydrogen) atoms. The Bertz CT molecular complexity index is 1000. The van der Waals surface area contributed by atoms with Crippen molar-refractivity contribution in [3.8, 4) is 5.75 Å². The molecule has 2 aliphatic rings. The van der Waals surface area contributed by atoms with E-state index in [1.807, 2.05) is 12.1 Å². The van der Waals surface area contributed by atoms with Crippen LogP contribution in [0, 0.1) is 5.82 Å². The van der Waals surface area contributed by atoms with Gasteiger partial charge in [0, 0.05) is 6.04 Å². The van der Waals surface area contributed by atoms with Gasteiger partial charge < -0.3 is 9.64 Å². The maximum Gasteiger partial charge on any atom is 0.243 e. The number of benzene rings is 2. The topological polar surface area (TPSA) is 66.9 Å². The number of rotatable bonds is 5. The zero-order valence-corrected chi connectivity index (χ0v) is 17.5. The van der Waals surface area contributed by atoms with E-state index >= 15 is 0 Å². The molecule has 0 saturated heterocycles. The second-order valence-electron chi connectivity index (χ2n) is 7.66. The fourth-order valence-electron chi connectivity index (χ4n) is 4.17. The summed E-state index contributed by atoms with van der Waals surface area (Å²) in [6, 6.07) is 11.8. The van der Waals surface area contributed by atoms with Crippen LogP contribution in [0.1, 0.15) is 32.1 Å². The van der Waals surface area contributed by atoms with Gasteiger partial charge in [-0.15, -0.1) is 0 Å². The molecule has 1 aliphatic carbocycles. The highest BCUT2D eigenvalue weighted by atomic mass is 32.2. The number of hydrogen-bond acceptors (Lipinski definition) is 4. The minimum atomic E-state index is -3.94. The van der Waals surface area contributed by atoms with Gasteiger partial charge in [0.2, 0.25) is 15.9 Å². The van der Waals surface area contributed by atoms with E-state index < -0.39 is 15.8 Å². The monoisotopic (exact) mass is 432 g/mol. The normalized spacial score (nSPS) is 17.5. The van der Waals surface area contributed by atoms with E-state index in [4.69, 9.17) is 4.74 Å². The molecule has 0 bridgehead atoms. The molecule has 160 valence electrons. The molecule has 1 fully saturated rings. The number of halogens is 1. The van der Waals surface area contributed by atoms with Crippen LogP contribution >= 0.6 is 0 Å². The Morgan fingerprint density at radius 2 is 1.77 bits per heavy atom. The molecule has 8 heteroatoms. The Morgan fingerprint density at radius 1 is 1.07 bits per heavy atom. The van der Waals surface area contributed by atoms with E-state index in [0.717, 1.165) is 31.4 Å². The number of sulfonamides is 1. The molecule has 0 aromatic heterocycles. The Kier molecular flexibility index (Phi) is 6.06. The molecule has 1 amide bonds. The first-order valence-electron chi connectivity index (χ1n) is 10.3. The van der Waals surface area contributed by atoms with Gasteiger partial charge in [0.15, 0.2) is 0 Å². The number of amides is 1. The largest absolute Gasteiger partial charge is 0.490 e. The second kappa shape index (κ2) is 8.73. The molecule has 2 aromatic carbocycles. The van der Waals surface area contributed by atoms with E-state index in [9.17, 15) is 17.6 Å². The number of carbonyl (C=O) groups is 1. The van der Waals surface area contributed by atoms with Gasteiger partial charge in [-0.05, 0) is 49.2 Å². The summed E-state index contributed by atoms with van der Waals surface area (Å²) >= 11 is 0. The third-order valence-electron chi connectivity index (χ3n) is 5.72. The third-order valence-corrected chi connectivity index (χ3v) is 7.64. The van der Waals surface area contributed by atoms with Crippen molar-refractivity contribution in [3.63, 3.8) is 0 Å². The number of anilines is 1. The molecule has 0 radical (unpaired) electrons. The van der Waals surface area contributed by atoms with E-state index in [1.165, 1.54) is 16.4 Å². The van der Waals surface area contributed by atoms with Crippen molar-refractivity contribution < 1.29 is 22.3 Å². The molecule has 1 heterocycles. The molecule has 0 atom stereocenters. The first kappa shape index (κ1) is 20.8. The molecule has 6 nitrogen and oxygen atoms in total. The maximum atomic E-state index is 13.4. The standard InChI is InChI=1S/C22H25FN2O4S/c23-17-10-12-19(13-11-17)30(27,28)25(18-6-2-1-3-7-18)16-22(26)24-14-15-29-21-9-5-4-8-20(21)24/h4-5,8-13,18H,1-3,6-7,14-16H2. The van der Waals surface area contributed by atoms with Crippen molar-refractivity contribution in [2.45, 2.75) is 43.0 Å². The van der Waals surface area contributed by atoms with Gasteiger partial charge in [-0.25, -0.2) is 12.8 Å². The van der Waals surface area contributed by atoms with Crippen molar-refractivity contribution in [1.29, 1.82) is 0 Å². The first-order valence-corrected chi connectivity index (χ1v) is 11.7. The highest BCUT2D eigenvalue weighted by Gasteiger charge is 2.36. The second-order valence-corrected chi connectivity index (χ2v) is 9.55. The summed E-state index contributed by atoms with van der Waals surface area (Å²) in [6.07, 6.45) is 4.34. The minimum absolute atomic E-state index is 0.00431. The fraction of sp³-hybridized carbons (Fsp3) is 0.409. The van der Waals surface area contributed by atoms with Crippen molar-refractivity contribution in [3.05, 3.63) is 54.3 Å². The predicted octanol–water partition coefficient (Wildman–Crippen LogP) is 3.57. The summed E-state index contributed by atoms with van der Waals surface area (Å²) in [5, 5.41) is 0. The lowest BCUT2D eigenvalue weighted by atomic mass is 9.95. The average Bonchev–Trinajstić information content (AvgIpc) is 2.77. The number of hydrogen-bond donors (Lipinski definition) is 0. The van der Waals surface area contributed by atoms with Crippen LogP contribution in [-0.4, -0.2) is 44.4 Å². The van der Waals surface area contributed by atoms with Crippen LogP contribution in [0.4, 0.5) is 10.1 Å². The highest BCUT2D eigenvalue weighted by Crippen LogP contribution is 2.32. The summed E-state index contributed by atoms with van der Waals surface area (Å²) in [6.45, 7) is 0.473. The number of para-hydroxylation sites is 2. The Labute approximate surface area is 176 Å². The quantitative estimate of drug-likeness (QED) is 0.724. The van der Waals surface area contributed by atoms with Gasteiger partial charge in [0.05, 0.1) is 23.7 Å². The van der Waals surface area contributed by atoms with E-state index in [2.05, 4.69) is 0 Å². The minimum Gasteiger partial charge on any atom is -0.490 e. The lowest BCUT2D eigenvalue weighted by Gasteiger charge is -2.35. The smallest absolute Gasteiger partial charge is 0.243 e. The van der Waals surface area contributed by atoms with Gasteiger partial charge in [-0.3, -0.25) is 4.79 Å². The van der Waals surface area contributed by atoms with Gasteiger partial charge in [-0.2, -0.15) is 4.31 Å². The molecule has 1 saturated carbocycles. The highest BCUT2D eigenvalue weighted by molar-refractivity contribution is 7.89. The van der Waals surface area contributed by atoms with E-state index in [-0.39, 0.29) is 23.4 Å². The van der Waals surface area contributed by atoms with Crippen molar-refractivity contribution >= 4 is 21.6 Å². The first-order chi connectivity index (χ1) is 14.5. The van der Waals surface area contributed by atoms with Crippen LogP contribution in [0.2, 0.25) is 0 Å². The summed E-state index contributed by atoms with van der Waals surface area (Å²) in [5.41, 5.74) is 0.650. The Morgan fingerprint density at radius 3 is 2.50 bits per heavy atom. The van der Waals surface area contributed by atoms with Crippen molar-refractivity contribution in [1.82, 2.24) is 4.31 Å². The summed E-state index contributed by atoms with van der Waals surface area (Å²) < 4.78 is 47.1. The maximum absolute atomic E-state index is 13.4. The van der Waals surface area contributed by atoms with Gasteiger partial charge in [-0.1, -0.05) is 31.4 Å². The zero-order chi connectivity index (χ0) is 21.1. The molecule has 0 N–H and O–H groups in total. The number of carbonyl (C=O) groups excluding carboxylic acids is 1. The summed E-state index contributed by atoms with van der Waals surface area (Å²) in [7, 11) is -3.94. The van der Waals surface area contributed by atoms with Crippen molar-refractivity contribution in [2.24, 2.45) is 0 Å². The van der Waals surface area contributed by atoms with Gasteiger partial charge >= 0.3 is 0 Å². The lowest BCUT2D eigenvalue weighted by Crippen LogP contribution is -2.49. The number of ether oxygens (including phenoxy) is 1. The van der Waals surface area contributed by atoms with Gasteiger partial charge in [0.1, 0.15) is 18.2 Å². The predicted molar refractivity (Wildman–Crippen MR) is 111 cm³/mol. The van der Waals surface area contributed by atoms with Crippen LogP contribution in [0.5, 0.6) is 5.75 Å². The lowest BCUT2D eigenvalue weighted by molar-refractivity contribution is -0.119. The fourth-order valence-corrected chi connectivity index (χ4v) is 5.80. The Hall–Kier alpha value is -2.45. The molecule has 1 aliphatic heterocycles. The number of fused-ring (bicyclic) bond motifs is 1. The zero-order valence-electron chi connectivity index (χ0n) is 16.7. The van der Waals surface area contributed by atoms with Crippen LogP contribution in [0.15, 0.2) is 53.4 Å². The average molecular weight is 433 g/mol. The van der Waals surface area contributed by atoms with E-state index in [0.29, 0.717) is 37.4 Å². The Balaban J connectivity index is 1.64. The summed E-state index contributed by atoms with van der Waals surface area (Å²) in [5.74, 6) is -0.177. The molecular formula is C22H25FN2O4S. The van der Waals surface area contributed by atoms with Gasteiger partial charge in [0.25, 0.3) is 0 Å². The van der Waals surface area contributed by atoms with Crippen LogP contribution in [0.3, 0.4) is 0 Å². The molecule has 2 aromatic rings. The summed E-state index contributed by atoms with van der Waals surface area (Å²) in [4.78, 5) is 14.8. The van der Waals surface area contributed by atoms with Crippen molar-refractivity contribution in [2.75, 3.05) is 24.6 Å². The van der Waals surface area contributed by atoms with Crippen LogP contribution in [0.25, 0.3) is 0 Å². The molecule has 0 spiro atoms. The SMILES string of the molecule is O=C(CN(C1CCCCC1)S(=O)(=O)c1ccc(F)cc1)N1CCOc2ccccc21. The molecule has 0 unspecified atom stereocenters. The van der Waals surface area contributed by atoms with E-state index in [1.54, 1.807) is 17.0 Å². The third kappa shape index (κ3) is 4.20. The van der Waals surface area contributed by atoms with Crippen LogP contribution < -0.4 is 9.64 Å². The van der Waals surface area contributed by atoms with Crippen LogP contribution in [-0.2, 0) is 14.8 Å². The molecule has 4 rings (SSSR count).